The summed E-state index contributed by atoms with van der Waals surface area (Å²) >= 11 is 0. The second-order valence-electron chi connectivity index (χ2n) is 9.80. The Kier molecular flexibility index (Phi) is 9.29. The molecular formula is C36H26Cl2Zr. The first-order chi connectivity index (χ1) is 17.8. The molecule has 188 valence electrons. The number of hydrogen-bond donors (Lipinski definition) is 0. The first kappa shape index (κ1) is 29.0. The molecule has 0 fully saturated rings. The maximum atomic E-state index is 2.40. The van der Waals surface area contributed by atoms with Gasteiger partial charge in [0.2, 0.25) is 0 Å². The standard InChI is InChI=1S/C36H26.2ClH.Zr/c1-3-9-25(10-4-1)27-15-17-29-21-33(23-31(29)19-27)35-13-7-8-14-36(35)34-22-30-18-16-28(20-32(30)24-34)26-11-5-2-6-12-26;;;/h1-20,23-24H,21-22H2;2*1H;/q;;;+2/p-2. The Bertz CT molecular complexity index is 1540. The zero-order valence-corrected chi connectivity index (χ0v) is 25.3. The molecular weight excluding hydrogens is 595 g/mol. The number of allylic oxidation sites excluding steroid dienone is 2. The van der Waals surface area contributed by atoms with Crippen molar-refractivity contribution in [1.29, 1.82) is 0 Å². The van der Waals surface area contributed by atoms with E-state index in [-0.39, 0.29) is 51.0 Å². The van der Waals surface area contributed by atoms with E-state index in [4.69, 9.17) is 0 Å². The topological polar surface area (TPSA) is 0 Å². The van der Waals surface area contributed by atoms with Crippen LogP contribution in [0.3, 0.4) is 0 Å². The Morgan fingerprint density at radius 3 is 1.18 bits per heavy atom. The number of rotatable bonds is 4. The largest absolute Gasteiger partial charge is 2.00 e. The van der Waals surface area contributed by atoms with Crippen molar-refractivity contribution in [2.75, 3.05) is 0 Å². The molecule has 0 unspecified atom stereocenters. The van der Waals surface area contributed by atoms with Crippen LogP contribution in [-0.2, 0) is 39.0 Å². The molecule has 0 heterocycles. The van der Waals surface area contributed by atoms with Crippen LogP contribution in [0.5, 0.6) is 0 Å². The molecule has 0 atom stereocenters. The van der Waals surface area contributed by atoms with Crippen molar-refractivity contribution in [2.45, 2.75) is 12.8 Å². The van der Waals surface area contributed by atoms with E-state index in [1.165, 1.54) is 66.8 Å². The van der Waals surface area contributed by atoms with E-state index < -0.39 is 0 Å². The molecule has 5 aromatic carbocycles. The number of halogens is 2. The third-order valence-corrected chi connectivity index (χ3v) is 7.55. The molecule has 0 spiro atoms. The van der Waals surface area contributed by atoms with Gasteiger partial charge in [-0.25, -0.2) is 0 Å². The second-order valence-corrected chi connectivity index (χ2v) is 9.80. The average molecular weight is 621 g/mol. The van der Waals surface area contributed by atoms with Crippen LogP contribution in [0, 0.1) is 0 Å². The van der Waals surface area contributed by atoms with E-state index in [0.717, 1.165) is 12.8 Å². The van der Waals surface area contributed by atoms with Crippen LogP contribution in [-0.4, -0.2) is 0 Å². The maximum absolute atomic E-state index is 2.40. The van der Waals surface area contributed by atoms with E-state index in [2.05, 4.69) is 133 Å². The normalized spacial score (nSPS) is 12.6. The minimum Gasteiger partial charge on any atom is -1.00 e. The molecule has 2 aliphatic rings. The van der Waals surface area contributed by atoms with Crippen LogP contribution < -0.4 is 24.8 Å². The van der Waals surface area contributed by atoms with Gasteiger partial charge in [0.25, 0.3) is 0 Å². The van der Waals surface area contributed by atoms with Crippen molar-refractivity contribution in [2.24, 2.45) is 0 Å². The van der Waals surface area contributed by atoms with Crippen LogP contribution >= 0.6 is 0 Å². The monoisotopic (exact) mass is 618 g/mol. The van der Waals surface area contributed by atoms with Crippen molar-refractivity contribution < 1.29 is 51.0 Å². The molecule has 0 amide bonds. The molecule has 0 saturated heterocycles. The van der Waals surface area contributed by atoms with Gasteiger partial charge in [0.05, 0.1) is 0 Å². The molecule has 7 rings (SSSR count). The molecule has 0 bridgehead atoms. The molecule has 0 saturated carbocycles. The predicted molar refractivity (Wildman–Crippen MR) is 153 cm³/mol. The van der Waals surface area contributed by atoms with Crippen LogP contribution in [0.1, 0.15) is 33.4 Å². The summed E-state index contributed by atoms with van der Waals surface area (Å²) in [7, 11) is 0. The van der Waals surface area contributed by atoms with Crippen molar-refractivity contribution in [3.05, 3.63) is 155 Å². The Hall–Kier alpha value is -2.96. The smallest absolute Gasteiger partial charge is 1.00 e. The minimum absolute atomic E-state index is 0. The Morgan fingerprint density at radius 2 is 0.769 bits per heavy atom. The first-order valence-electron chi connectivity index (χ1n) is 12.7. The molecule has 0 aliphatic heterocycles. The van der Waals surface area contributed by atoms with Gasteiger partial charge in [-0.3, -0.25) is 0 Å². The summed E-state index contributed by atoms with van der Waals surface area (Å²) in [6.45, 7) is 0. The van der Waals surface area contributed by atoms with Crippen molar-refractivity contribution in [3.8, 4) is 22.3 Å². The third-order valence-electron chi connectivity index (χ3n) is 7.55. The number of fused-ring (bicyclic) bond motifs is 2. The van der Waals surface area contributed by atoms with Gasteiger partial charge >= 0.3 is 26.2 Å². The summed E-state index contributed by atoms with van der Waals surface area (Å²) in [6, 6.07) is 44.1. The van der Waals surface area contributed by atoms with Crippen LogP contribution in [0.25, 0.3) is 45.6 Å². The first-order valence-corrected chi connectivity index (χ1v) is 12.7. The van der Waals surface area contributed by atoms with Gasteiger partial charge < -0.3 is 24.8 Å². The van der Waals surface area contributed by atoms with Crippen LogP contribution in [0.4, 0.5) is 0 Å². The molecule has 2 aliphatic carbocycles. The van der Waals surface area contributed by atoms with E-state index in [9.17, 15) is 0 Å². The van der Waals surface area contributed by atoms with Crippen molar-refractivity contribution in [3.63, 3.8) is 0 Å². The fourth-order valence-electron chi connectivity index (χ4n) is 5.68. The number of hydrogen-bond acceptors (Lipinski definition) is 0. The molecule has 0 nitrogen and oxygen atoms in total. The molecule has 3 heteroatoms. The van der Waals surface area contributed by atoms with Crippen LogP contribution in [0.15, 0.2) is 121 Å². The molecule has 0 N–H and O–H groups in total. The average Bonchev–Trinajstić information content (AvgIpc) is 3.57. The van der Waals surface area contributed by atoms with Gasteiger partial charge in [-0.05, 0) is 91.8 Å². The van der Waals surface area contributed by atoms with E-state index in [1.54, 1.807) is 0 Å². The van der Waals surface area contributed by atoms with E-state index in [0.29, 0.717) is 0 Å². The van der Waals surface area contributed by atoms with Gasteiger partial charge in [0.1, 0.15) is 0 Å². The fraction of sp³-hybridized carbons (Fsp3) is 0.0556. The SMILES string of the molecule is C1=C(c2ccccc2C2=Cc3cc(-c4ccccc4)ccc3C2)Cc2ccc(-c3ccccc3)cc21.[Cl-].[Cl-].[Zr+2]. The van der Waals surface area contributed by atoms with E-state index in [1.807, 2.05) is 0 Å². The predicted octanol–water partition coefficient (Wildman–Crippen LogP) is 3.22. The van der Waals surface area contributed by atoms with E-state index >= 15 is 0 Å². The van der Waals surface area contributed by atoms with Gasteiger partial charge in [0.15, 0.2) is 0 Å². The van der Waals surface area contributed by atoms with Gasteiger partial charge in [-0.1, -0.05) is 121 Å². The summed E-state index contributed by atoms with van der Waals surface area (Å²) < 4.78 is 0. The Labute approximate surface area is 262 Å². The summed E-state index contributed by atoms with van der Waals surface area (Å²) in [4.78, 5) is 0. The zero-order chi connectivity index (χ0) is 23.9. The van der Waals surface area contributed by atoms with Crippen molar-refractivity contribution >= 4 is 23.3 Å². The summed E-state index contributed by atoms with van der Waals surface area (Å²) in [5.41, 5.74) is 16.2. The quantitative estimate of drug-likeness (QED) is 0.290. The van der Waals surface area contributed by atoms with Gasteiger partial charge in [-0.2, -0.15) is 0 Å². The molecule has 0 radical (unpaired) electrons. The molecule has 5 aromatic rings. The Balaban J connectivity index is 0.00000118. The van der Waals surface area contributed by atoms with Gasteiger partial charge in [0, 0.05) is 0 Å². The summed E-state index contributed by atoms with van der Waals surface area (Å²) in [6.07, 6.45) is 6.77. The van der Waals surface area contributed by atoms with Crippen molar-refractivity contribution in [1.82, 2.24) is 0 Å². The third kappa shape index (κ3) is 5.68. The minimum atomic E-state index is 0. The Morgan fingerprint density at radius 1 is 0.385 bits per heavy atom. The van der Waals surface area contributed by atoms with Crippen LogP contribution in [0.2, 0.25) is 0 Å². The summed E-state index contributed by atoms with van der Waals surface area (Å²) in [5.74, 6) is 0. The number of benzene rings is 5. The van der Waals surface area contributed by atoms with Gasteiger partial charge in [-0.15, -0.1) is 0 Å². The fourth-order valence-corrected chi connectivity index (χ4v) is 5.68. The zero-order valence-electron chi connectivity index (χ0n) is 21.4. The maximum Gasteiger partial charge on any atom is 2.00 e. The second kappa shape index (κ2) is 12.5. The molecule has 39 heavy (non-hydrogen) atoms. The molecule has 0 aromatic heterocycles. The summed E-state index contributed by atoms with van der Waals surface area (Å²) in [5, 5.41) is 0.